The number of nitrogens with one attached hydrogen (secondary N) is 1. The molecule has 0 spiro atoms. The van der Waals surface area contributed by atoms with Crippen LogP contribution in [0.1, 0.15) is 31.3 Å². The molecule has 0 fully saturated rings. The zero-order chi connectivity index (χ0) is 22.0. The first kappa shape index (κ1) is 20.9. The van der Waals surface area contributed by atoms with E-state index >= 15 is 0 Å². The molecule has 1 aliphatic rings. The zero-order valence-electron chi connectivity index (χ0n) is 17.9. The van der Waals surface area contributed by atoms with Gasteiger partial charge in [0, 0.05) is 17.8 Å². The summed E-state index contributed by atoms with van der Waals surface area (Å²) in [7, 11) is 3.20. The minimum absolute atomic E-state index is 0.185. The van der Waals surface area contributed by atoms with Gasteiger partial charge in [0.1, 0.15) is 0 Å². The lowest BCUT2D eigenvalue weighted by Gasteiger charge is -2.36. The molecule has 0 bridgehead atoms. The number of benzene rings is 2. The van der Waals surface area contributed by atoms with E-state index in [-0.39, 0.29) is 6.04 Å². The number of allylic oxidation sites excluding steroid dienone is 1. The van der Waals surface area contributed by atoms with E-state index in [4.69, 9.17) is 31.2 Å². The lowest BCUT2D eigenvalue weighted by molar-refractivity contribution is 0.355. The number of aromatic nitrogens is 2. The molecule has 8 heteroatoms. The number of ether oxygens (including phenoxy) is 2. The summed E-state index contributed by atoms with van der Waals surface area (Å²) in [4.78, 5) is 6.75. The third-order valence-corrected chi connectivity index (χ3v) is 5.68. The molecule has 1 N–H and O–H groups in total. The summed E-state index contributed by atoms with van der Waals surface area (Å²) in [6.45, 7) is 4.82. The van der Waals surface area contributed by atoms with Gasteiger partial charge in [0.2, 0.25) is 5.82 Å². The van der Waals surface area contributed by atoms with E-state index < -0.39 is 0 Å². The second kappa shape index (κ2) is 8.77. The zero-order valence-corrected chi connectivity index (χ0v) is 18.7. The van der Waals surface area contributed by atoms with Gasteiger partial charge in [-0.15, -0.1) is 0 Å². The van der Waals surface area contributed by atoms with Crippen molar-refractivity contribution in [3.05, 3.63) is 65.7 Å². The first-order valence-corrected chi connectivity index (χ1v) is 10.4. The molecular formula is C23H24N4O3S. The van der Waals surface area contributed by atoms with Crippen molar-refractivity contribution in [2.24, 2.45) is 0 Å². The molecule has 1 aliphatic heterocycles. The van der Waals surface area contributed by atoms with Crippen molar-refractivity contribution in [2.75, 3.05) is 20.8 Å². The molecule has 0 radical (unpaired) electrons. The smallest absolute Gasteiger partial charge is 0.258 e. The predicted octanol–water partition coefficient (Wildman–Crippen LogP) is 4.44. The summed E-state index contributed by atoms with van der Waals surface area (Å²) in [5, 5.41) is 8.34. The van der Waals surface area contributed by atoms with E-state index in [1.807, 2.05) is 48.2 Å². The van der Waals surface area contributed by atoms with Gasteiger partial charge in [-0.1, -0.05) is 35.5 Å². The number of hydrogen-bond acceptors (Lipinski definition) is 6. The molecule has 0 amide bonds. The Hall–Kier alpha value is -3.39. The van der Waals surface area contributed by atoms with Gasteiger partial charge >= 0.3 is 0 Å². The fourth-order valence-corrected chi connectivity index (χ4v) is 4.14. The Labute approximate surface area is 186 Å². The first-order valence-electron chi connectivity index (χ1n) is 9.97. The molecule has 1 aromatic heterocycles. The van der Waals surface area contributed by atoms with Crippen LogP contribution in [-0.4, -0.2) is 40.9 Å². The van der Waals surface area contributed by atoms with Gasteiger partial charge < -0.3 is 24.2 Å². The average molecular weight is 437 g/mol. The molecule has 2 heterocycles. The molecule has 0 saturated heterocycles. The summed E-state index contributed by atoms with van der Waals surface area (Å²) in [6.07, 6.45) is 0. The van der Waals surface area contributed by atoms with Crippen molar-refractivity contribution < 1.29 is 14.0 Å². The fourth-order valence-electron chi connectivity index (χ4n) is 3.76. The molecule has 2 aromatic carbocycles. The summed E-state index contributed by atoms with van der Waals surface area (Å²) in [6, 6.07) is 15.4. The van der Waals surface area contributed by atoms with Crippen LogP contribution in [0.25, 0.3) is 17.0 Å². The predicted molar refractivity (Wildman–Crippen MR) is 123 cm³/mol. The van der Waals surface area contributed by atoms with E-state index in [9.17, 15) is 0 Å². The number of methoxy groups -OCH3 is 2. The molecule has 1 unspecified atom stereocenters. The average Bonchev–Trinajstić information content (AvgIpc) is 3.28. The minimum atomic E-state index is -0.185. The maximum atomic E-state index is 5.74. The van der Waals surface area contributed by atoms with E-state index in [1.165, 1.54) is 0 Å². The van der Waals surface area contributed by atoms with Gasteiger partial charge in [0.15, 0.2) is 16.6 Å². The van der Waals surface area contributed by atoms with Crippen LogP contribution in [0, 0.1) is 0 Å². The summed E-state index contributed by atoms with van der Waals surface area (Å²) in [5.74, 6) is 2.16. The summed E-state index contributed by atoms with van der Waals surface area (Å²) in [5.41, 5.74) is 3.73. The van der Waals surface area contributed by atoms with Crippen molar-refractivity contribution in [3.8, 4) is 22.9 Å². The maximum absolute atomic E-state index is 5.74. The molecule has 1 atom stereocenters. The van der Waals surface area contributed by atoms with Crippen LogP contribution in [-0.2, 0) is 0 Å². The third kappa shape index (κ3) is 3.86. The standard InChI is InChI=1S/C23H24N4O3S/c1-5-27-14(2)19(20(24-23(27)31)15-9-7-6-8-10-15)22-25-21(26-30-22)16-11-12-17(28-3)18(13-16)29-4/h6-13,20H,5H2,1-4H3,(H,24,31). The first-order chi connectivity index (χ1) is 15.1. The van der Waals surface area contributed by atoms with Crippen LogP contribution in [0.3, 0.4) is 0 Å². The van der Waals surface area contributed by atoms with Crippen LogP contribution in [0.5, 0.6) is 11.5 Å². The Morgan fingerprint density at radius 2 is 1.84 bits per heavy atom. The van der Waals surface area contributed by atoms with Gasteiger partial charge in [-0.05, 0) is 49.8 Å². The quantitative estimate of drug-likeness (QED) is 0.569. The van der Waals surface area contributed by atoms with Crippen LogP contribution in [0.2, 0.25) is 0 Å². The number of rotatable bonds is 6. The van der Waals surface area contributed by atoms with Crippen molar-refractivity contribution >= 4 is 22.9 Å². The van der Waals surface area contributed by atoms with Crippen molar-refractivity contribution in [1.29, 1.82) is 0 Å². The van der Waals surface area contributed by atoms with Crippen molar-refractivity contribution in [3.63, 3.8) is 0 Å². The molecule has 0 aliphatic carbocycles. The molecule has 4 rings (SSSR count). The molecule has 0 saturated carbocycles. The van der Waals surface area contributed by atoms with E-state index in [2.05, 4.69) is 29.5 Å². The topological polar surface area (TPSA) is 72.7 Å². The Morgan fingerprint density at radius 3 is 2.52 bits per heavy atom. The second-order valence-corrected chi connectivity index (χ2v) is 7.42. The highest BCUT2D eigenvalue weighted by Crippen LogP contribution is 2.38. The normalized spacial score (nSPS) is 16.3. The van der Waals surface area contributed by atoms with Crippen LogP contribution in [0.15, 0.2) is 58.8 Å². The van der Waals surface area contributed by atoms with E-state index in [0.29, 0.717) is 28.3 Å². The maximum Gasteiger partial charge on any atom is 0.258 e. The van der Waals surface area contributed by atoms with Crippen LogP contribution >= 0.6 is 12.2 Å². The monoisotopic (exact) mass is 436 g/mol. The fraction of sp³-hybridized carbons (Fsp3) is 0.261. The summed E-state index contributed by atoms with van der Waals surface area (Å²) >= 11 is 5.60. The minimum Gasteiger partial charge on any atom is -0.493 e. The van der Waals surface area contributed by atoms with Crippen molar-refractivity contribution in [1.82, 2.24) is 20.4 Å². The highest BCUT2D eigenvalue weighted by molar-refractivity contribution is 7.80. The van der Waals surface area contributed by atoms with Gasteiger partial charge in [-0.25, -0.2) is 0 Å². The molecule has 31 heavy (non-hydrogen) atoms. The number of nitrogens with zero attached hydrogens (tertiary/aromatic N) is 3. The molecular weight excluding hydrogens is 412 g/mol. The third-order valence-electron chi connectivity index (χ3n) is 5.34. The van der Waals surface area contributed by atoms with Gasteiger partial charge in [-0.2, -0.15) is 4.98 Å². The highest BCUT2D eigenvalue weighted by Gasteiger charge is 2.33. The second-order valence-electron chi connectivity index (χ2n) is 7.03. The van der Waals surface area contributed by atoms with Crippen molar-refractivity contribution in [2.45, 2.75) is 19.9 Å². The molecule has 7 nitrogen and oxygen atoms in total. The number of hydrogen-bond donors (Lipinski definition) is 1. The largest absolute Gasteiger partial charge is 0.493 e. The van der Waals surface area contributed by atoms with Gasteiger partial charge in [0.05, 0.1) is 25.8 Å². The Morgan fingerprint density at radius 1 is 1.10 bits per heavy atom. The van der Waals surface area contributed by atoms with Crippen LogP contribution < -0.4 is 14.8 Å². The van der Waals surface area contributed by atoms with Crippen LogP contribution in [0.4, 0.5) is 0 Å². The SMILES string of the molecule is CCN1C(=S)NC(c2ccccc2)C(c2nc(-c3ccc(OC)c(OC)c3)no2)=C1C. The Bertz CT molecular complexity index is 1130. The molecule has 3 aromatic rings. The number of thiocarbonyl (C=S) groups is 1. The molecule has 160 valence electrons. The highest BCUT2D eigenvalue weighted by atomic mass is 32.1. The van der Waals surface area contributed by atoms with Gasteiger partial charge in [-0.3, -0.25) is 0 Å². The lowest BCUT2D eigenvalue weighted by atomic mass is 9.95. The van der Waals surface area contributed by atoms with E-state index in [1.54, 1.807) is 14.2 Å². The Balaban J connectivity index is 1.79. The summed E-state index contributed by atoms with van der Waals surface area (Å²) < 4.78 is 16.5. The Kier molecular flexibility index (Phi) is 5.90. The van der Waals surface area contributed by atoms with Gasteiger partial charge in [0.25, 0.3) is 5.89 Å². The van der Waals surface area contributed by atoms with E-state index in [0.717, 1.165) is 28.9 Å². The lowest BCUT2D eigenvalue weighted by Crippen LogP contribution is -2.45.